The van der Waals surface area contributed by atoms with E-state index in [2.05, 4.69) is 0 Å². The molecule has 0 spiro atoms. The Labute approximate surface area is 121 Å². The first-order valence-electron chi connectivity index (χ1n) is 6.91. The van der Waals surface area contributed by atoms with E-state index in [9.17, 15) is 4.79 Å². The number of hydrogen-bond donors (Lipinski definition) is 1. The van der Waals surface area contributed by atoms with E-state index >= 15 is 0 Å². The predicted octanol–water partition coefficient (Wildman–Crippen LogP) is 2.54. The molecule has 2 atom stereocenters. The summed E-state index contributed by atoms with van der Waals surface area (Å²) in [4.78, 5) is 11.7. The first kappa shape index (κ1) is 16.5. The molecule has 0 heterocycles. The molecule has 0 amide bonds. The molecule has 0 fully saturated rings. The van der Waals surface area contributed by atoms with Crippen LogP contribution in [0.4, 0.5) is 0 Å². The average Bonchev–Trinajstić information content (AvgIpc) is 2.46. The van der Waals surface area contributed by atoms with E-state index in [1.54, 1.807) is 7.11 Å². The van der Waals surface area contributed by atoms with Gasteiger partial charge in [0.25, 0.3) is 0 Å². The maximum absolute atomic E-state index is 11.7. The van der Waals surface area contributed by atoms with Crippen molar-refractivity contribution in [3.63, 3.8) is 0 Å². The molecule has 0 bridgehead atoms. The Hall–Kier alpha value is -1.55. The number of carbonyl (C=O) groups is 1. The highest BCUT2D eigenvalue weighted by atomic mass is 16.5. The van der Waals surface area contributed by atoms with Crippen LogP contribution < -0.4 is 10.5 Å². The third kappa shape index (κ3) is 3.97. The molecule has 0 radical (unpaired) electrons. The van der Waals surface area contributed by atoms with Crippen LogP contribution >= 0.6 is 0 Å². The molecule has 1 aromatic rings. The third-order valence-corrected chi connectivity index (χ3v) is 3.90. The summed E-state index contributed by atoms with van der Waals surface area (Å²) in [5.41, 5.74) is 6.95. The van der Waals surface area contributed by atoms with Crippen molar-refractivity contribution in [1.29, 1.82) is 0 Å². The molecule has 1 rings (SSSR count). The van der Waals surface area contributed by atoms with Gasteiger partial charge in [-0.25, -0.2) is 0 Å². The second-order valence-electron chi connectivity index (χ2n) is 5.41. The van der Waals surface area contributed by atoms with Crippen molar-refractivity contribution in [2.24, 2.45) is 11.1 Å². The van der Waals surface area contributed by atoms with Crippen LogP contribution in [0.5, 0.6) is 5.75 Å². The summed E-state index contributed by atoms with van der Waals surface area (Å²) in [5.74, 6) is 0.596. The number of hydrogen-bond acceptors (Lipinski definition) is 4. The molecule has 20 heavy (non-hydrogen) atoms. The lowest BCUT2D eigenvalue weighted by Crippen LogP contribution is -2.42. The second kappa shape index (κ2) is 7.29. The molecule has 2 N–H and O–H groups in total. The van der Waals surface area contributed by atoms with Crippen LogP contribution in [0.2, 0.25) is 0 Å². The number of nitrogens with two attached hydrogens (primary N) is 1. The molecule has 0 aliphatic carbocycles. The van der Waals surface area contributed by atoms with Gasteiger partial charge in [0.2, 0.25) is 0 Å². The fraction of sp³-hybridized carbons (Fsp3) is 0.562. The second-order valence-corrected chi connectivity index (χ2v) is 5.41. The highest BCUT2D eigenvalue weighted by Crippen LogP contribution is 2.34. The molecule has 0 aromatic heterocycles. The third-order valence-electron chi connectivity index (χ3n) is 3.90. The minimum absolute atomic E-state index is 0.0773. The van der Waals surface area contributed by atoms with E-state index in [1.807, 2.05) is 38.1 Å². The zero-order valence-corrected chi connectivity index (χ0v) is 12.8. The van der Waals surface area contributed by atoms with Crippen LogP contribution in [-0.4, -0.2) is 26.2 Å². The topological polar surface area (TPSA) is 61.6 Å². The number of para-hydroxylation sites is 1. The minimum Gasteiger partial charge on any atom is -0.496 e. The van der Waals surface area contributed by atoms with Crippen molar-refractivity contribution in [3.05, 3.63) is 29.8 Å². The van der Waals surface area contributed by atoms with E-state index in [0.717, 1.165) is 17.7 Å². The van der Waals surface area contributed by atoms with E-state index in [-0.39, 0.29) is 17.4 Å². The summed E-state index contributed by atoms with van der Waals surface area (Å²) in [5, 5.41) is 0. The molecule has 4 nitrogen and oxygen atoms in total. The van der Waals surface area contributed by atoms with E-state index in [1.165, 1.54) is 7.11 Å². The fourth-order valence-corrected chi connectivity index (χ4v) is 2.50. The van der Waals surface area contributed by atoms with Crippen LogP contribution in [-0.2, 0) is 16.0 Å². The van der Waals surface area contributed by atoms with Gasteiger partial charge in [-0.2, -0.15) is 0 Å². The van der Waals surface area contributed by atoms with Crippen molar-refractivity contribution >= 4 is 5.97 Å². The summed E-state index contributed by atoms with van der Waals surface area (Å²) in [6, 6.07) is 7.75. The Morgan fingerprint density at radius 3 is 2.55 bits per heavy atom. The summed E-state index contributed by atoms with van der Waals surface area (Å²) < 4.78 is 10.2. The maximum Gasteiger partial charge on any atom is 0.306 e. The van der Waals surface area contributed by atoms with Crippen molar-refractivity contribution in [3.8, 4) is 5.75 Å². The summed E-state index contributed by atoms with van der Waals surface area (Å²) in [7, 11) is 3.06. The van der Waals surface area contributed by atoms with Crippen molar-refractivity contribution < 1.29 is 14.3 Å². The predicted molar refractivity (Wildman–Crippen MR) is 79.7 cm³/mol. The number of benzene rings is 1. The van der Waals surface area contributed by atoms with Crippen molar-refractivity contribution in [2.45, 2.75) is 39.2 Å². The Morgan fingerprint density at radius 1 is 1.35 bits per heavy atom. The van der Waals surface area contributed by atoms with Gasteiger partial charge in [0.05, 0.1) is 20.6 Å². The van der Waals surface area contributed by atoms with Gasteiger partial charge in [0.15, 0.2) is 0 Å². The van der Waals surface area contributed by atoms with Crippen molar-refractivity contribution in [2.75, 3.05) is 14.2 Å². The van der Waals surface area contributed by atoms with Gasteiger partial charge in [-0.1, -0.05) is 32.0 Å². The molecule has 2 unspecified atom stereocenters. The largest absolute Gasteiger partial charge is 0.496 e. The van der Waals surface area contributed by atoms with Gasteiger partial charge < -0.3 is 15.2 Å². The molecule has 0 aliphatic rings. The Kier molecular flexibility index (Phi) is 6.02. The van der Waals surface area contributed by atoms with Gasteiger partial charge in [-0.05, 0) is 29.9 Å². The Morgan fingerprint density at radius 2 is 2.00 bits per heavy atom. The molecule has 4 heteroatoms. The van der Waals surface area contributed by atoms with Crippen LogP contribution in [0, 0.1) is 5.41 Å². The first-order valence-corrected chi connectivity index (χ1v) is 6.91. The molecule has 0 saturated carbocycles. The number of ether oxygens (including phenoxy) is 2. The molecule has 112 valence electrons. The van der Waals surface area contributed by atoms with E-state index in [0.29, 0.717) is 12.8 Å². The lowest BCUT2D eigenvalue weighted by molar-refractivity contribution is -0.143. The highest BCUT2D eigenvalue weighted by Gasteiger charge is 2.34. The lowest BCUT2D eigenvalue weighted by atomic mass is 9.73. The number of carbonyl (C=O) groups excluding carboxylic acids is 1. The molecular formula is C16H25NO3. The quantitative estimate of drug-likeness (QED) is 0.779. The van der Waals surface area contributed by atoms with Gasteiger partial charge in [0.1, 0.15) is 5.75 Å². The normalized spacial score (nSPS) is 15.2. The van der Waals surface area contributed by atoms with Gasteiger partial charge >= 0.3 is 5.97 Å². The zero-order valence-electron chi connectivity index (χ0n) is 12.8. The van der Waals surface area contributed by atoms with Crippen molar-refractivity contribution in [1.82, 2.24) is 0 Å². The SMILES string of the molecule is CCC(N)C(C)(CC(=O)OC)Cc1ccccc1OC. The van der Waals surface area contributed by atoms with Crippen LogP contribution in [0.15, 0.2) is 24.3 Å². The minimum atomic E-state index is -0.351. The van der Waals surface area contributed by atoms with E-state index < -0.39 is 0 Å². The maximum atomic E-state index is 11.7. The fourth-order valence-electron chi connectivity index (χ4n) is 2.50. The van der Waals surface area contributed by atoms with Gasteiger partial charge in [0, 0.05) is 6.04 Å². The highest BCUT2D eigenvalue weighted by molar-refractivity contribution is 5.70. The molecule has 1 aromatic carbocycles. The molecular weight excluding hydrogens is 254 g/mol. The number of methoxy groups -OCH3 is 2. The Bertz CT molecular complexity index is 447. The van der Waals surface area contributed by atoms with Crippen LogP contribution in [0.3, 0.4) is 0 Å². The smallest absolute Gasteiger partial charge is 0.306 e. The number of esters is 1. The van der Waals surface area contributed by atoms with Crippen LogP contribution in [0.25, 0.3) is 0 Å². The Balaban J connectivity index is 3.03. The van der Waals surface area contributed by atoms with Crippen LogP contribution in [0.1, 0.15) is 32.3 Å². The zero-order chi connectivity index (χ0) is 15.2. The van der Waals surface area contributed by atoms with E-state index in [4.69, 9.17) is 15.2 Å². The average molecular weight is 279 g/mol. The summed E-state index contributed by atoms with van der Waals surface area (Å²) in [6.07, 6.45) is 1.79. The van der Waals surface area contributed by atoms with Gasteiger partial charge in [-0.15, -0.1) is 0 Å². The number of rotatable bonds is 7. The van der Waals surface area contributed by atoms with Gasteiger partial charge in [-0.3, -0.25) is 4.79 Å². The standard InChI is InChI=1S/C16H25NO3/c1-5-14(17)16(2,11-15(18)20-4)10-12-8-6-7-9-13(12)19-3/h6-9,14H,5,10-11,17H2,1-4H3. The molecule has 0 aliphatic heterocycles. The monoisotopic (exact) mass is 279 g/mol. The molecule has 0 saturated heterocycles. The summed E-state index contributed by atoms with van der Waals surface area (Å²) >= 11 is 0. The lowest BCUT2D eigenvalue weighted by Gasteiger charge is -2.34. The summed E-state index contributed by atoms with van der Waals surface area (Å²) in [6.45, 7) is 4.06. The first-order chi connectivity index (χ1) is 9.46.